The van der Waals surface area contributed by atoms with Crippen molar-refractivity contribution >= 4 is 23.2 Å². The van der Waals surface area contributed by atoms with Crippen LogP contribution in [0.4, 0.5) is 4.39 Å². The number of carboxylic acids is 1. The van der Waals surface area contributed by atoms with E-state index in [2.05, 4.69) is 4.98 Å². The smallest absolute Gasteiger partial charge is 0.348 e. The number of amides is 1. The predicted molar refractivity (Wildman–Crippen MR) is 84.6 cm³/mol. The minimum atomic E-state index is -1.42. The van der Waals surface area contributed by atoms with E-state index in [0.29, 0.717) is 5.69 Å². The lowest BCUT2D eigenvalue weighted by molar-refractivity contribution is -0.159. The number of piperidine rings is 1. The molecule has 1 aliphatic heterocycles. The summed E-state index contributed by atoms with van der Waals surface area (Å²) in [5.41, 5.74) is 0.523. The first-order valence-corrected chi connectivity index (χ1v) is 8.30. The lowest BCUT2D eigenvalue weighted by atomic mass is 9.91. The Balaban J connectivity index is 1.71. The van der Waals surface area contributed by atoms with Gasteiger partial charge in [0.15, 0.2) is 0 Å². The summed E-state index contributed by atoms with van der Waals surface area (Å²) in [6, 6.07) is 5.22. The summed E-state index contributed by atoms with van der Waals surface area (Å²) >= 11 is 1.33. The predicted octanol–water partition coefficient (Wildman–Crippen LogP) is 2.42. The van der Waals surface area contributed by atoms with E-state index in [9.17, 15) is 19.1 Å². The van der Waals surface area contributed by atoms with Crippen LogP contribution in [0.25, 0.3) is 0 Å². The quantitative estimate of drug-likeness (QED) is 0.916. The molecule has 2 heterocycles. The number of carbonyl (C=O) groups excluding carboxylic acids is 1. The van der Waals surface area contributed by atoms with Crippen LogP contribution in [0.15, 0.2) is 35.2 Å². The van der Waals surface area contributed by atoms with Crippen LogP contribution in [0, 0.1) is 5.82 Å². The van der Waals surface area contributed by atoms with E-state index in [-0.39, 0.29) is 37.6 Å². The largest absolute Gasteiger partial charge is 0.478 e. The summed E-state index contributed by atoms with van der Waals surface area (Å²) in [7, 11) is 0. The molecular formula is C16H15FN2O4S. The van der Waals surface area contributed by atoms with Gasteiger partial charge in [-0.15, -0.1) is 11.3 Å². The molecule has 1 N–H and O–H groups in total. The maximum atomic E-state index is 13.0. The first-order chi connectivity index (χ1) is 11.5. The number of aromatic nitrogens is 1. The van der Waals surface area contributed by atoms with Crippen LogP contribution in [0.5, 0.6) is 5.75 Å². The highest BCUT2D eigenvalue weighted by Crippen LogP contribution is 2.30. The number of benzene rings is 1. The number of rotatable bonds is 4. The van der Waals surface area contributed by atoms with Crippen molar-refractivity contribution in [3.8, 4) is 5.75 Å². The fourth-order valence-corrected chi connectivity index (χ4v) is 3.16. The van der Waals surface area contributed by atoms with E-state index >= 15 is 0 Å². The summed E-state index contributed by atoms with van der Waals surface area (Å²) in [4.78, 5) is 29.6. The Morgan fingerprint density at radius 1 is 1.25 bits per heavy atom. The second kappa shape index (κ2) is 6.56. The number of hydrogen-bond acceptors (Lipinski definition) is 5. The van der Waals surface area contributed by atoms with Gasteiger partial charge in [-0.1, -0.05) is 0 Å². The zero-order chi connectivity index (χ0) is 17.2. The number of thiazole rings is 1. The van der Waals surface area contributed by atoms with Gasteiger partial charge < -0.3 is 14.7 Å². The highest BCUT2D eigenvalue weighted by molar-refractivity contribution is 7.07. The normalized spacial score (nSPS) is 16.6. The fourth-order valence-electron chi connectivity index (χ4n) is 2.64. The summed E-state index contributed by atoms with van der Waals surface area (Å²) in [5.74, 6) is -1.43. The lowest BCUT2D eigenvalue weighted by Gasteiger charge is -2.38. The summed E-state index contributed by atoms with van der Waals surface area (Å²) in [6.45, 7) is 0.508. The molecule has 0 radical (unpaired) electrons. The van der Waals surface area contributed by atoms with E-state index in [1.54, 1.807) is 15.8 Å². The molecular weight excluding hydrogens is 335 g/mol. The average molecular weight is 350 g/mol. The van der Waals surface area contributed by atoms with Gasteiger partial charge in [0.2, 0.25) is 5.60 Å². The Hall–Kier alpha value is -2.48. The van der Waals surface area contributed by atoms with Gasteiger partial charge in [0, 0.05) is 31.3 Å². The average Bonchev–Trinajstić information content (AvgIpc) is 3.11. The molecule has 8 heteroatoms. The van der Waals surface area contributed by atoms with Gasteiger partial charge in [-0.25, -0.2) is 14.2 Å². The van der Waals surface area contributed by atoms with Crippen molar-refractivity contribution in [1.82, 2.24) is 9.88 Å². The molecule has 0 bridgehead atoms. The van der Waals surface area contributed by atoms with Crippen LogP contribution < -0.4 is 4.74 Å². The first-order valence-electron chi connectivity index (χ1n) is 7.36. The Labute approximate surface area is 141 Å². The van der Waals surface area contributed by atoms with E-state index < -0.39 is 17.4 Å². The second-order valence-electron chi connectivity index (χ2n) is 5.52. The number of aliphatic carboxylic acids is 1. The highest BCUT2D eigenvalue weighted by Gasteiger charge is 2.45. The number of halogens is 1. The van der Waals surface area contributed by atoms with Gasteiger partial charge in [0.25, 0.3) is 5.91 Å². The van der Waals surface area contributed by atoms with Crippen LogP contribution in [-0.4, -0.2) is 45.6 Å². The third kappa shape index (κ3) is 3.23. The van der Waals surface area contributed by atoms with Crippen molar-refractivity contribution in [2.45, 2.75) is 18.4 Å². The maximum absolute atomic E-state index is 13.0. The molecule has 126 valence electrons. The molecule has 1 aliphatic rings. The number of carboxylic acid groups (broad SMARTS) is 1. The highest BCUT2D eigenvalue weighted by atomic mass is 32.1. The third-order valence-corrected chi connectivity index (χ3v) is 4.61. The Kier molecular flexibility index (Phi) is 4.48. The number of carbonyl (C=O) groups is 2. The zero-order valence-corrected chi connectivity index (χ0v) is 13.5. The molecule has 0 unspecified atom stereocenters. The van der Waals surface area contributed by atoms with Gasteiger partial charge in [-0.05, 0) is 24.3 Å². The third-order valence-electron chi connectivity index (χ3n) is 4.03. The van der Waals surface area contributed by atoms with Gasteiger partial charge in [-0.2, -0.15) is 0 Å². The lowest BCUT2D eigenvalue weighted by Crippen LogP contribution is -2.54. The van der Waals surface area contributed by atoms with Crippen molar-refractivity contribution in [3.63, 3.8) is 0 Å². The SMILES string of the molecule is O=C(c1cscn1)N1CCC(Oc2ccc(F)cc2)(C(=O)O)CC1. The maximum Gasteiger partial charge on any atom is 0.348 e. The molecule has 0 atom stereocenters. The molecule has 0 spiro atoms. The molecule has 1 amide bonds. The monoisotopic (exact) mass is 350 g/mol. The Morgan fingerprint density at radius 2 is 1.92 bits per heavy atom. The summed E-state index contributed by atoms with van der Waals surface area (Å²) < 4.78 is 18.6. The molecule has 1 saturated heterocycles. The first kappa shape index (κ1) is 16.4. The Morgan fingerprint density at radius 3 is 2.46 bits per heavy atom. The molecule has 3 rings (SSSR count). The molecule has 24 heavy (non-hydrogen) atoms. The second-order valence-corrected chi connectivity index (χ2v) is 6.24. The van der Waals surface area contributed by atoms with Gasteiger partial charge in [0.1, 0.15) is 17.3 Å². The van der Waals surface area contributed by atoms with E-state index in [1.807, 2.05) is 0 Å². The molecule has 1 fully saturated rings. The summed E-state index contributed by atoms with van der Waals surface area (Å²) in [6.07, 6.45) is 0.297. The van der Waals surface area contributed by atoms with Crippen LogP contribution in [0.3, 0.4) is 0 Å². The van der Waals surface area contributed by atoms with Crippen LogP contribution in [-0.2, 0) is 4.79 Å². The fraction of sp³-hybridized carbons (Fsp3) is 0.312. The minimum absolute atomic E-state index is 0.148. The van der Waals surface area contributed by atoms with Crippen LogP contribution >= 0.6 is 11.3 Å². The topological polar surface area (TPSA) is 79.7 Å². The van der Waals surface area contributed by atoms with E-state index in [1.165, 1.54) is 35.6 Å². The van der Waals surface area contributed by atoms with E-state index in [0.717, 1.165) is 0 Å². The van der Waals surface area contributed by atoms with E-state index in [4.69, 9.17) is 4.74 Å². The van der Waals surface area contributed by atoms with Crippen molar-refractivity contribution < 1.29 is 23.8 Å². The number of hydrogen-bond donors (Lipinski definition) is 1. The number of ether oxygens (including phenoxy) is 1. The van der Waals surface area contributed by atoms with Crippen molar-refractivity contribution in [3.05, 3.63) is 46.7 Å². The number of nitrogens with zero attached hydrogens (tertiary/aromatic N) is 2. The number of likely N-dealkylation sites (tertiary alicyclic amines) is 1. The molecule has 6 nitrogen and oxygen atoms in total. The van der Waals surface area contributed by atoms with Crippen LogP contribution in [0.1, 0.15) is 23.3 Å². The summed E-state index contributed by atoms with van der Waals surface area (Å²) in [5, 5.41) is 11.3. The van der Waals surface area contributed by atoms with Gasteiger partial charge >= 0.3 is 5.97 Å². The van der Waals surface area contributed by atoms with Gasteiger partial charge in [0.05, 0.1) is 5.51 Å². The Bertz CT molecular complexity index is 725. The standard InChI is InChI=1S/C16H15FN2O4S/c17-11-1-3-12(4-2-11)23-16(15(21)22)5-7-19(8-6-16)14(20)13-9-24-10-18-13/h1-4,9-10H,5-8H2,(H,21,22). The molecule has 0 aliphatic carbocycles. The molecule has 1 aromatic carbocycles. The van der Waals surface area contributed by atoms with Crippen molar-refractivity contribution in [2.24, 2.45) is 0 Å². The molecule has 2 aromatic rings. The van der Waals surface area contributed by atoms with Crippen molar-refractivity contribution in [1.29, 1.82) is 0 Å². The minimum Gasteiger partial charge on any atom is -0.478 e. The van der Waals surface area contributed by atoms with Gasteiger partial charge in [-0.3, -0.25) is 4.79 Å². The van der Waals surface area contributed by atoms with Crippen LogP contribution in [0.2, 0.25) is 0 Å². The molecule has 0 saturated carbocycles. The zero-order valence-electron chi connectivity index (χ0n) is 12.6. The van der Waals surface area contributed by atoms with Crippen molar-refractivity contribution in [2.75, 3.05) is 13.1 Å². The molecule has 1 aromatic heterocycles.